The molecule has 9 heteroatoms. The van der Waals surface area contributed by atoms with Gasteiger partial charge in [-0.1, -0.05) is 11.6 Å². The van der Waals surface area contributed by atoms with Gasteiger partial charge in [-0.2, -0.15) is 5.10 Å². The second kappa shape index (κ2) is 5.98. The molecular formula is C17H19ClN6O2. The minimum Gasteiger partial charge on any atom is -0.444 e. The third kappa shape index (κ3) is 3.01. The van der Waals surface area contributed by atoms with E-state index in [-0.39, 0.29) is 6.09 Å². The molecule has 0 spiro atoms. The van der Waals surface area contributed by atoms with Crippen molar-refractivity contribution in [3.8, 4) is 11.3 Å². The van der Waals surface area contributed by atoms with Gasteiger partial charge in [0.15, 0.2) is 0 Å². The Morgan fingerprint density at radius 1 is 1.31 bits per heavy atom. The van der Waals surface area contributed by atoms with Gasteiger partial charge in [-0.25, -0.2) is 14.8 Å². The Kier molecular flexibility index (Phi) is 3.87. The number of amides is 1. The molecule has 1 N–H and O–H groups in total. The predicted octanol–water partition coefficient (Wildman–Crippen LogP) is 3.23. The molecule has 26 heavy (non-hydrogen) atoms. The van der Waals surface area contributed by atoms with E-state index in [1.54, 1.807) is 11.1 Å². The van der Waals surface area contributed by atoms with Crippen LogP contribution in [0.4, 0.5) is 4.79 Å². The quantitative estimate of drug-likeness (QED) is 0.660. The van der Waals surface area contributed by atoms with Crippen molar-refractivity contribution >= 4 is 28.7 Å². The van der Waals surface area contributed by atoms with Gasteiger partial charge < -0.3 is 14.6 Å². The molecule has 136 valence electrons. The Morgan fingerprint density at radius 2 is 2.12 bits per heavy atom. The van der Waals surface area contributed by atoms with Crippen LogP contribution in [0.3, 0.4) is 0 Å². The fourth-order valence-corrected chi connectivity index (χ4v) is 3.20. The summed E-state index contributed by atoms with van der Waals surface area (Å²) in [6.45, 7) is 7.20. The van der Waals surface area contributed by atoms with Crippen LogP contribution in [0.5, 0.6) is 0 Å². The van der Waals surface area contributed by atoms with E-state index in [0.29, 0.717) is 30.4 Å². The molecule has 1 aliphatic rings. The summed E-state index contributed by atoms with van der Waals surface area (Å²) in [5, 5.41) is 5.59. The molecule has 0 bridgehead atoms. The van der Waals surface area contributed by atoms with E-state index in [2.05, 4.69) is 20.1 Å². The molecule has 0 saturated heterocycles. The summed E-state index contributed by atoms with van der Waals surface area (Å²) in [4.78, 5) is 25.6. The maximum absolute atomic E-state index is 12.4. The van der Waals surface area contributed by atoms with Crippen LogP contribution >= 0.6 is 11.6 Å². The number of nitrogens with one attached hydrogen (secondary N) is 1. The monoisotopic (exact) mass is 374 g/mol. The first-order chi connectivity index (χ1) is 12.3. The molecule has 0 unspecified atom stereocenters. The normalized spacial score (nSPS) is 14.5. The molecule has 0 saturated carbocycles. The van der Waals surface area contributed by atoms with E-state index in [1.807, 2.05) is 31.5 Å². The highest BCUT2D eigenvalue weighted by Gasteiger charge is 2.28. The number of hydrogen-bond donors (Lipinski definition) is 1. The minimum absolute atomic E-state index is 0.318. The van der Waals surface area contributed by atoms with Crippen LogP contribution in [-0.2, 0) is 17.8 Å². The minimum atomic E-state index is -0.524. The van der Waals surface area contributed by atoms with Gasteiger partial charge in [0.1, 0.15) is 22.7 Å². The lowest BCUT2D eigenvalue weighted by atomic mass is 10.1. The standard InChI is InChI=1S/C17H19ClN6O2/c1-17(2,3)26-16(25)23-4-5-24-13(8-23)11(7-21-24)12-6-10-14(18)19-9-20-15(10)22-12/h6-7,9H,4-5,8H2,1-3H3,(H,19,20,22). The Balaban J connectivity index is 1.66. The number of H-pyrrole nitrogens is 1. The van der Waals surface area contributed by atoms with Crippen molar-refractivity contribution in [3.63, 3.8) is 0 Å². The van der Waals surface area contributed by atoms with Gasteiger partial charge in [0.2, 0.25) is 0 Å². The fourth-order valence-electron chi connectivity index (χ4n) is 3.01. The van der Waals surface area contributed by atoms with Crippen molar-refractivity contribution in [2.45, 2.75) is 39.5 Å². The van der Waals surface area contributed by atoms with Crippen molar-refractivity contribution < 1.29 is 9.53 Å². The second-order valence-corrected chi connectivity index (χ2v) is 7.60. The summed E-state index contributed by atoms with van der Waals surface area (Å²) < 4.78 is 7.40. The summed E-state index contributed by atoms with van der Waals surface area (Å²) in [6.07, 6.45) is 2.89. The topological polar surface area (TPSA) is 88.9 Å². The molecule has 0 aliphatic carbocycles. The Morgan fingerprint density at radius 3 is 2.85 bits per heavy atom. The number of rotatable bonds is 1. The molecule has 0 radical (unpaired) electrons. The van der Waals surface area contributed by atoms with Gasteiger partial charge in [0, 0.05) is 12.1 Å². The number of carbonyl (C=O) groups excluding carboxylic acids is 1. The fraction of sp³-hybridized carbons (Fsp3) is 0.412. The van der Waals surface area contributed by atoms with E-state index < -0.39 is 5.60 Å². The SMILES string of the molecule is CC(C)(C)OC(=O)N1CCn2ncc(-c3cc4c(Cl)ncnc4[nH]3)c2C1. The summed E-state index contributed by atoms with van der Waals surface area (Å²) in [5.41, 5.74) is 2.84. The van der Waals surface area contributed by atoms with E-state index in [1.165, 1.54) is 6.33 Å². The zero-order valence-corrected chi connectivity index (χ0v) is 15.5. The smallest absolute Gasteiger partial charge is 0.410 e. The number of aromatic amines is 1. The molecule has 0 fully saturated rings. The lowest BCUT2D eigenvalue weighted by Crippen LogP contribution is -2.41. The van der Waals surface area contributed by atoms with Gasteiger partial charge in [-0.05, 0) is 26.8 Å². The number of aromatic nitrogens is 5. The molecule has 0 atom stereocenters. The average molecular weight is 375 g/mol. The van der Waals surface area contributed by atoms with Crippen LogP contribution < -0.4 is 0 Å². The molecule has 1 aliphatic heterocycles. The zero-order chi connectivity index (χ0) is 18.5. The molecular weight excluding hydrogens is 356 g/mol. The Bertz CT molecular complexity index is 987. The largest absolute Gasteiger partial charge is 0.444 e. The van der Waals surface area contributed by atoms with Crippen molar-refractivity contribution in [3.05, 3.63) is 29.4 Å². The van der Waals surface area contributed by atoms with E-state index >= 15 is 0 Å². The van der Waals surface area contributed by atoms with Crippen LogP contribution in [0.15, 0.2) is 18.6 Å². The number of hydrogen-bond acceptors (Lipinski definition) is 5. The number of nitrogens with zero attached hydrogens (tertiary/aromatic N) is 5. The van der Waals surface area contributed by atoms with Crippen LogP contribution in [0, 0.1) is 0 Å². The van der Waals surface area contributed by atoms with E-state index in [9.17, 15) is 4.79 Å². The van der Waals surface area contributed by atoms with Gasteiger partial charge in [-0.15, -0.1) is 0 Å². The molecule has 3 aromatic heterocycles. The first-order valence-electron chi connectivity index (χ1n) is 8.34. The molecule has 8 nitrogen and oxygen atoms in total. The Hall–Kier alpha value is -2.61. The molecule has 4 rings (SSSR count). The number of ether oxygens (including phenoxy) is 1. The van der Waals surface area contributed by atoms with Crippen molar-refractivity contribution in [2.24, 2.45) is 0 Å². The third-order valence-electron chi connectivity index (χ3n) is 4.19. The van der Waals surface area contributed by atoms with E-state index in [0.717, 1.165) is 22.3 Å². The summed E-state index contributed by atoms with van der Waals surface area (Å²) in [7, 11) is 0. The molecule has 0 aromatic carbocycles. The maximum Gasteiger partial charge on any atom is 0.410 e. The predicted molar refractivity (Wildman–Crippen MR) is 96.8 cm³/mol. The van der Waals surface area contributed by atoms with Crippen LogP contribution in [0.2, 0.25) is 5.15 Å². The summed E-state index contributed by atoms with van der Waals surface area (Å²) in [6, 6.07) is 1.90. The first-order valence-corrected chi connectivity index (χ1v) is 8.72. The zero-order valence-electron chi connectivity index (χ0n) is 14.8. The van der Waals surface area contributed by atoms with Crippen molar-refractivity contribution in [2.75, 3.05) is 6.54 Å². The average Bonchev–Trinajstić information content (AvgIpc) is 3.16. The highest BCUT2D eigenvalue weighted by molar-refractivity contribution is 6.34. The van der Waals surface area contributed by atoms with Crippen LogP contribution in [0.1, 0.15) is 26.5 Å². The van der Waals surface area contributed by atoms with Crippen LogP contribution in [0.25, 0.3) is 22.3 Å². The highest BCUT2D eigenvalue weighted by Crippen LogP contribution is 2.30. The first kappa shape index (κ1) is 16.8. The number of fused-ring (bicyclic) bond motifs is 2. The van der Waals surface area contributed by atoms with Gasteiger partial charge >= 0.3 is 6.09 Å². The molecule has 3 aromatic rings. The third-order valence-corrected chi connectivity index (χ3v) is 4.49. The van der Waals surface area contributed by atoms with E-state index in [4.69, 9.17) is 16.3 Å². The summed E-state index contributed by atoms with van der Waals surface area (Å²) >= 11 is 6.14. The van der Waals surface area contributed by atoms with Gasteiger partial charge in [0.05, 0.1) is 36.1 Å². The Labute approximate surface area is 155 Å². The lowest BCUT2D eigenvalue weighted by Gasteiger charge is -2.30. The molecule has 4 heterocycles. The summed E-state index contributed by atoms with van der Waals surface area (Å²) in [5.74, 6) is 0. The van der Waals surface area contributed by atoms with Gasteiger partial charge in [-0.3, -0.25) is 4.68 Å². The number of carbonyl (C=O) groups is 1. The maximum atomic E-state index is 12.4. The van der Waals surface area contributed by atoms with Crippen LogP contribution in [-0.4, -0.2) is 47.9 Å². The van der Waals surface area contributed by atoms with Crippen molar-refractivity contribution in [1.82, 2.24) is 29.6 Å². The molecule has 1 amide bonds. The highest BCUT2D eigenvalue weighted by atomic mass is 35.5. The number of halogens is 1. The lowest BCUT2D eigenvalue weighted by molar-refractivity contribution is 0.0195. The van der Waals surface area contributed by atoms with Gasteiger partial charge in [0.25, 0.3) is 0 Å². The van der Waals surface area contributed by atoms with Crippen molar-refractivity contribution in [1.29, 1.82) is 0 Å². The second-order valence-electron chi connectivity index (χ2n) is 7.24.